The van der Waals surface area contributed by atoms with E-state index in [2.05, 4.69) is 52.4 Å². The molecule has 1 aromatic carbocycles. The van der Waals surface area contributed by atoms with E-state index in [1.165, 1.54) is 18.4 Å². The molecule has 6 heteroatoms. The highest BCUT2D eigenvalue weighted by Gasteiger charge is 2.25. The zero-order chi connectivity index (χ0) is 18.8. The molecule has 0 unspecified atom stereocenters. The molecule has 0 spiro atoms. The predicted octanol–water partition coefficient (Wildman–Crippen LogP) is 3.89. The van der Waals surface area contributed by atoms with Crippen LogP contribution in [0.5, 0.6) is 0 Å². The van der Waals surface area contributed by atoms with Crippen molar-refractivity contribution in [2.75, 3.05) is 31.1 Å². The molecule has 1 aliphatic heterocycles. The number of nitrogens with zero attached hydrogens (tertiary/aromatic N) is 4. The van der Waals surface area contributed by atoms with Gasteiger partial charge in [0, 0.05) is 26.2 Å². The topological polar surface area (TPSA) is 48.8 Å². The smallest absolute Gasteiger partial charge is 0.227 e. The van der Waals surface area contributed by atoms with Gasteiger partial charge in [-0.25, -0.2) is 4.99 Å². The van der Waals surface area contributed by atoms with E-state index in [0.29, 0.717) is 12.2 Å². The minimum Gasteiger partial charge on any atom is -0.344 e. The molecule has 2 fully saturated rings. The standard InChI is InChI=1S/C21H24N4OS/c1-3-18-20(22-2)23-21(27-18)25-12-10-24(11-13-25)19(26)14-15-4-6-16(7-5-15)17-8-9-17/h3-7,17H,1-2,8-14H2. The summed E-state index contributed by atoms with van der Waals surface area (Å²) in [6.07, 6.45) is 4.85. The van der Waals surface area contributed by atoms with Crippen molar-refractivity contribution in [3.63, 3.8) is 0 Å². The third-order valence-corrected chi connectivity index (χ3v) is 6.35. The van der Waals surface area contributed by atoms with Gasteiger partial charge in [-0.2, -0.15) is 4.98 Å². The van der Waals surface area contributed by atoms with Crippen molar-refractivity contribution in [3.8, 4) is 0 Å². The Kier molecular flexibility index (Phi) is 5.07. The summed E-state index contributed by atoms with van der Waals surface area (Å²) in [6.45, 7) is 10.4. The second kappa shape index (κ2) is 7.64. The number of rotatable bonds is 6. The zero-order valence-corrected chi connectivity index (χ0v) is 16.2. The van der Waals surface area contributed by atoms with E-state index in [1.807, 2.05) is 4.90 Å². The van der Waals surface area contributed by atoms with Crippen LogP contribution >= 0.6 is 11.3 Å². The van der Waals surface area contributed by atoms with E-state index < -0.39 is 0 Å². The number of thiazole rings is 1. The van der Waals surface area contributed by atoms with Crippen molar-refractivity contribution >= 4 is 41.0 Å². The molecule has 1 amide bonds. The van der Waals surface area contributed by atoms with Crippen molar-refractivity contribution < 1.29 is 4.79 Å². The molecule has 1 aliphatic carbocycles. The Bertz CT molecular complexity index is 820. The molecule has 0 radical (unpaired) electrons. The average molecular weight is 381 g/mol. The van der Waals surface area contributed by atoms with Crippen molar-refractivity contribution in [2.24, 2.45) is 4.99 Å². The summed E-state index contributed by atoms with van der Waals surface area (Å²) in [5, 5.41) is 0.926. The highest BCUT2D eigenvalue weighted by Crippen LogP contribution is 2.40. The Morgan fingerprint density at radius 3 is 2.48 bits per heavy atom. The van der Waals surface area contributed by atoms with Gasteiger partial charge in [-0.15, -0.1) is 0 Å². The minimum atomic E-state index is 0.202. The summed E-state index contributed by atoms with van der Waals surface area (Å²) in [6, 6.07) is 8.59. The second-order valence-corrected chi connectivity index (χ2v) is 8.12. The SMILES string of the molecule is C=Cc1sc(N2CCN(C(=O)Cc3ccc(C4CC4)cc3)CC2)nc1N=C. The molecule has 0 N–H and O–H groups in total. The monoisotopic (exact) mass is 380 g/mol. The maximum Gasteiger partial charge on any atom is 0.227 e. The number of piperazine rings is 1. The Labute approximate surface area is 164 Å². The number of hydrogen-bond acceptors (Lipinski definition) is 5. The first-order chi connectivity index (χ1) is 13.2. The van der Waals surface area contributed by atoms with Gasteiger partial charge in [0.25, 0.3) is 0 Å². The van der Waals surface area contributed by atoms with Crippen LogP contribution in [0.4, 0.5) is 10.9 Å². The van der Waals surface area contributed by atoms with E-state index in [0.717, 1.165) is 47.7 Å². The summed E-state index contributed by atoms with van der Waals surface area (Å²) in [5.74, 6) is 1.60. The number of amides is 1. The third kappa shape index (κ3) is 3.95. The fourth-order valence-electron chi connectivity index (χ4n) is 3.45. The number of aliphatic imine (C=N–C) groups is 1. The van der Waals surface area contributed by atoms with Crippen LogP contribution in [0, 0.1) is 0 Å². The fourth-order valence-corrected chi connectivity index (χ4v) is 4.38. The molecular formula is C21H24N4OS. The molecule has 2 aliphatic rings. The lowest BCUT2D eigenvalue weighted by Crippen LogP contribution is -2.49. The lowest BCUT2D eigenvalue weighted by Gasteiger charge is -2.34. The lowest BCUT2D eigenvalue weighted by atomic mass is 10.1. The van der Waals surface area contributed by atoms with E-state index in [-0.39, 0.29) is 5.91 Å². The first-order valence-electron chi connectivity index (χ1n) is 9.39. The van der Waals surface area contributed by atoms with Crippen molar-refractivity contribution in [1.29, 1.82) is 0 Å². The van der Waals surface area contributed by atoms with Gasteiger partial charge in [0.2, 0.25) is 5.91 Å². The lowest BCUT2D eigenvalue weighted by molar-refractivity contribution is -0.130. The molecule has 1 saturated heterocycles. The summed E-state index contributed by atoms with van der Waals surface area (Å²) >= 11 is 1.57. The molecule has 4 rings (SSSR count). The van der Waals surface area contributed by atoms with Crippen LogP contribution in [0.15, 0.2) is 35.8 Å². The zero-order valence-electron chi connectivity index (χ0n) is 15.4. The van der Waals surface area contributed by atoms with Gasteiger partial charge >= 0.3 is 0 Å². The van der Waals surface area contributed by atoms with Crippen LogP contribution in [0.3, 0.4) is 0 Å². The highest BCUT2D eigenvalue weighted by atomic mass is 32.1. The van der Waals surface area contributed by atoms with Gasteiger partial charge in [0.1, 0.15) is 0 Å². The molecule has 0 bridgehead atoms. The van der Waals surface area contributed by atoms with E-state index in [9.17, 15) is 4.79 Å². The molecule has 2 heterocycles. The quantitative estimate of drug-likeness (QED) is 0.715. The van der Waals surface area contributed by atoms with E-state index >= 15 is 0 Å². The van der Waals surface area contributed by atoms with E-state index in [4.69, 9.17) is 0 Å². The van der Waals surface area contributed by atoms with Gasteiger partial charge < -0.3 is 9.80 Å². The number of aromatic nitrogens is 1. The summed E-state index contributed by atoms with van der Waals surface area (Å²) in [5.41, 5.74) is 2.51. The van der Waals surface area contributed by atoms with Gasteiger partial charge in [-0.3, -0.25) is 4.79 Å². The normalized spacial score (nSPS) is 17.0. The first kappa shape index (κ1) is 17.9. The first-order valence-corrected chi connectivity index (χ1v) is 10.2. The number of benzene rings is 1. The summed E-state index contributed by atoms with van der Waals surface area (Å²) in [7, 11) is 0. The molecule has 1 aromatic heterocycles. The van der Waals surface area contributed by atoms with Crippen LogP contribution in [0.25, 0.3) is 6.08 Å². The van der Waals surface area contributed by atoms with Crippen molar-refractivity contribution in [1.82, 2.24) is 9.88 Å². The number of hydrogen-bond donors (Lipinski definition) is 0. The second-order valence-electron chi connectivity index (χ2n) is 7.11. The molecule has 1 saturated carbocycles. The fraction of sp³-hybridized carbons (Fsp3) is 0.381. The number of anilines is 1. The maximum atomic E-state index is 12.7. The predicted molar refractivity (Wildman–Crippen MR) is 112 cm³/mol. The molecule has 27 heavy (non-hydrogen) atoms. The van der Waals surface area contributed by atoms with Gasteiger partial charge in [0.05, 0.1) is 11.3 Å². The minimum absolute atomic E-state index is 0.202. The Morgan fingerprint density at radius 2 is 1.93 bits per heavy atom. The summed E-state index contributed by atoms with van der Waals surface area (Å²) in [4.78, 5) is 26.2. The largest absolute Gasteiger partial charge is 0.344 e. The Balaban J connectivity index is 1.32. The van der Waals surface area contributed by atoms with Crippen LogP contribution in [-0.2, 0) is 11.2 Å². The highest BCUT2D eigenvalue weighted by molar-refractivity contribution is 7.17. The molecule has 2 aromatic rings. The Morgan fingerprint density at radius 1 is 1.22 bits per heavy atom. The molecule has 140 valence electrons. The molecular weight excluding hydrogens is 356 g/mol. The van der Waals surface area contributed by atoms with Gasteiger partial charge in [-0.05, 0) is 42.7 Å². The van der Waals surface area contributed by atoms with Crippen LogP contribution in [0.1, 0.15) is 34.8 Å². The third-order valence-electron chi connectivity index (χ3n) is 5.25. The van der Waals surface area contributed by atoms with Crippen LogP contribution in [0.2, 0.25) is 0 Å². The van der Waals surface area contributed by atoms with Crippen molar-refractivity contribution in [3.05, 3.63) is 46.8 Å². The van der Waals surface area contributed by atoms with Gasteiger partial charge in [0.15, 0.2) is 10.9 Å². The average Bonchev–Trinajstić information content (AvgIpc) is 3.47. The number of carbonyl (C=O) groups excluding carboxylic acids is 1. The van der Waals surface area contributed by atoms with E-state index in [1.54, 1.807) is 17.4 Å². The number of carbonyl (C=O) groups is 1. The van der Waals surface area contributed by atoms with Crippen molar-refractivity contribution in [2.45, 2.75) is 25.2 Å². The van der Waals surface area contributed by atoms with Crippen LogP contribution < -0.4 is 4.90 Å². The maximum absolute atomic E-state index is 12.7. The molecule has 0 atom stereocenters. The molecule has 5 nitrogen and oxygen atoms in total. The summed E-state index contributed by atoms with van der Waals surface area (Å²) < 4.78 is 0. The van der Waals surface area contributed by atoms with Crippen LogP contribution in [-0.4, -0.2) is 48.7 Å². The Hall–Kier alpha value is -2.47. The van der Waals surface area contributed by atoms with Gasteiger partial charge in [-0.1, -0.05) is 42.2 Å².